The Morgan fingerprint density at radius 2 is 1.53 bits per heavy atom. The van der Waals surface area contributed by atoms with Crippen molar-refractivity contribution in [3.8, 4) is 0 Å². The molecular formula is C15H24BrClOS. The van der Waals surface area contributed by atoms with Crippen molar-refractivity contribution in [3.63, 3.8) is 0 Å². The van der Waals surface area contributed by atoms with E-state index in [0.29, 0.717) is 17.3 Å². The van der Waals surface area contributed by atoms with Crippen LogP contribution in [0.3, 0.4) is 0 Å². The quantitative estimate of drug-likeness (QED) is 0.553. The van der Waals surface area contributed by atoms with E-state index in [9.17, 15) is 4.21 Å². The molecule has 0 aliphatic carbocycles. The van der Waals surface area contributed by atoms with E-state index in [1.807, 2.05) is 24.3 Å². The second-order valence-electron chi connectivity index (χ2n) is 5.24. The van der Waals surface area contributed by atoms with Gasteiger partial charge in [-0.05, 0) is 49.5 Å². The van der Waals surface area contributed by atoms with Crippen LogP contribution in [0.15, 0.2) is 28.7 Å². The molecule has 0 aliphatic rings. The third-order valence-electron chi connectivity index (χ3n) is 3.29. The SMILES string of the molecule is CCCCS(=O)(Cl)(CCCC)Cc1ccc(Br)cc1. The van der Waals surface area contributed by atoms with Crippen LogP contribution in [-0.2, 0) is 14.0 Å². The molecule has 0 spiro atoms. The molecule has 0 saturated heterocycles. The predicted molar refractivity (Wildman–Crippen MR) is 91.4 cm³/mol. The lowest BCUT2D eigenvalue weighted by molar-refractivity contribution is 0.656. The summed E-state index contributed by atoms with van der Waals surface area (Å²) in [4.78, 5) is 0. The van der Waals surface area contributed by atoms with Gasteiger partial charge in [-0.15, -0.1) is 0 Å². The van der Waals surface area contributed by atoms with Crippen molar-refractivity contribution < 1.29 is 4.21 Å². The first kappa shape index (κ1) is 17.2. The lowest BCUT2D eigenvalue weighted by Crippen LogP contribution is -2.35. The summed E-state index contributed by atoms with van der Waals surface area (Å²) in [5.74, 6) is 1.79. The number of hydrogen-bond acceptors (Lipinski definition) is 1. The van der Waals surface area contributed by atoms with Gasteiger partial charge in [-0.3, -0.25) is 4.21 Å². The minimum absolute atomic E-state index is 0.506. The van der Waals surface area contributed by atoms with Crippen LogP contribution in [0.25, 0.3) is 0 Å². The van der Waals surface area contributed by atoms with Crippen molar-refractivity contribution in [1.29, 1.82) is 0 Å². The van der Waals surface area contributed by atoms with Gasteiger partial charge in [-0.25, -0.2) is 0 Å². The van der Waals surface area contributed by atoms with Gasteiger partial charge in [0.2, 0.25) is 0 Å². The minimum atomic E-state index is -3.05. The second-order valence-corrected chi connectivity index (χ2v) is 12.3. The maximum absolute atomic E-state index is 13.3. The molecule has 0 fully saturated rings. The summed E-state index contributed by atoms with van der Waals surface area (Å²) < 4.78 is 14.4. The maximum atomic E-state index is 13.3. The Balaban J connectivity index is 2.90. The fourth-order valence-electron chi connectivity index (χ4n) is 2.12. The highest BCUT2D eigenvalue weighted by Crippen LogP contribution is 2.38. The van der Waals surface area contributed by atoms with Gasteiger partial charge in [-0.2, -0.15) is 0 Å². The zero-order chi connectivity index (χ0) is 14.4. The Labute approximate surface area is 130 Å². The highest BCUT2D eigenvalue weighted by Gasteiger charge is 2.33. The van der Waals surface area contributed by atoms with Gasteiger partial charge >= 0.3 is 0 Å². The molecular weight excluding hydrogens is 344 g/mol. The van der Waals surface area contributed by atoms with Crippen LogP contribution in [0.5, 0.6) is 0 Å². The largest absolute Gasteiger partial charge is 0.268 e. The molecule has 0 N–H and O–H groups in total. The molecule has 0 radical (unpaired) electrons. The third kappa shape index (κ3) is 5.97. The molecule has 0 atom stereocenters. The van der Waals surface area contributed by atoms with Crippen molar-refractivity contribution in [2.75, 3.05) is 11.5 Å². The Morgan fingerprint density at radius 1 is 1.05 bits per heavy atom. The van der Waals surface area contributed by atoms with Gasteiger partial charge in [0.05, 0.1) is 0 Å². The summed E-state index contributed by atoms with van der Waals surface area (Å²) >= 11 is 3.42. The van der Waals surface area contributed by atoms with Crippen LogP contribution >= 0.6 is 26.6 Å². The summed E-state index contributed by atoms with van der Waals surface area (Å²) in [5, 5.41) is 0. The fraction of sp³-hybridized carbons (Fsp3) is 0.600. The molecule has 1 aromatic carbocycles. The van der Waals surface area contributed by atoms with E-state index in [0.717, 1.165) is 35.7 Å². The molecule has 4 heteroatoms. The van der Waals surface area contributed by atoms with Crippen LogP contribution in [0.4, 0.5) is 0 Å². The van der Waals surface area contributed by atoms with Gasteiger partial charge in [0, 0.05) is 21.7 Å². The van der Waals surface area contributed by atoms with Crippen LogP contribution < -0.4 is 0 Å². The number of rotatable bonds is 8. The molecule has 0 heterocycles. The average molecular weight is 368 g/mol. The van der Waals surface area contributed by atoms with Crippen LogP contribution in [0.2, 0.25) is 0 Å². The van der Waals surface area contributed by atoms with Gasteiger partial charge in [0.25, 0.3) is 0 Å². The molecule has 1 nitrogen and oxygen atoms in total. The molecule has 0 saturated carbocycles. The van der Waals surface area contributed by atoms with Crippen molar-refractivity contribution in [2.45, 2.75) is 45.3 Å². The average Bonchev–Trinajstić information content (AvgIpc) is 2.37. The molecule has 0 aliphatic heterocycles. The van der Waals surface area contributed by atoms with E-state index in [1.54, 1.807) is 0 Å². The van der Waals surface area contributed by atoms with Gasteiger partial charge in [0.1, 0.15) is 0 Å². The van der Waals surface area contributed by atoms with Gasteiger partial charge < -0.3 is 0 Å². The topological polar surface area (TPSA) is 17.1 Å². The minimum Gasteiger partial charge on any atom is -0.268 e. The molecule has 0 unspecified atom stereocenters. The predicted octanol–water partition coefficient (Wildman–Crippen LogP) is 5.52. The summed E-state index contributed by atoms with van der Waals surface area (Å²) in [6.45, 7) is 4.23. The number of unbranched alkanes of at least 4 members (excludes halogenated alkanes) is 2. The zero-order valence-corrected chi connectivity index (χ0v) is 15.0. The molecule has 0 aromatic heterocycles. The standard InChI is InChI=1S/C15H24BrClOS/c1-3-5-11-19(17,18,12-6-4-2)13-14-7-9-15(16)10-8-14/h7-10H,3-6,11-13H2,1-2H3. The lowest BCUT2D eigenvalue weighted by Gasteiger charge is -2.36. The Kier molecular flexibility index (Phi) is 6.55. The van der Waals surface area contributed by atoms with E-state index in [1.165, 1.54) is 0 Å². The summed E-state index contributed by atoms with van der Waals surface area (Å²) in [6.07, 6.45) is 3.95. The molecule has 0 amide bonds. The van der Waals surface area contributed by atoms with Crippen molar-refractivity contribution in [1.82, 2.24) is 0 Å². The van der Waals surface area contributed by atoms with Crippen LogP contribution in [0.1, 0.15) is 45.1 Å². The molecule has 1 rings (SSSR count). The van der Waals surface area contributed by atoms with Crippen molar-refractivity contribution in [2.24, 2.45) is 0 Å². The van der Waals surface area contributed by atoms with Crippen molar-refractivity contribution in [3.05, 3.63) is 34.3 Å². The Morgan fingerprint density at radius 3 is 1.95 bits per heavy atom. The first-order valence-corrected chi connectivity index (χ1v) is 11.1. The monoisotopic (exact) mass is 366 g/mol. The molecule has 110 valence electrons. The zero-order valence-electron chi connectivity index (χ0n) is 11.8. The first-order chi connectivity index (χ1) is 8.88. The van der Waals surface area contributed by atoms with Crippen LogP contribution in [0, 0.1) is 0 Å². The van der Waals surface area contributed by atoms with E-state index < -0.39 is 8.28 Å². The van der Waals surface area contributed by atoms with E-state index >= 15 is 0 Å². The Bertz CT molecular complexity index is 444. The highest BCUT2D eigenvalue weighted by atomic mass is 79.9. The lowest BCUT2D eigenvalue weighted by atomic mass is 10.2. The van der Waals surface area contributed by atoms with Gasteiger partial charge in [-0.1, -0.05) is 54.8 Å². The highest BCUT2D eigenvalue weighted by molar-refractivity contribution is 9.10. The first-order valence-electron chi connectivity index (χ1n) is 6.97. The molecule has 0 bridgehead atoms. The number of hydrogen-bond donors (Lipinski definition) is 0. The molecule has 19 heavy (non-hydrogen) atoms. The van der Waals surface area contributed by atoms with E-state index in [4.69, 9.17) is 10.7 Å². The van der Waals surface area contributed by atoms with E-state index in [2.05, 4.69) is 29.8 Å². The second kappa shape index (κ2) is 7.24. The summed E-state index contributed by atoms with van der Waals surface area (Å²) in [7, 11) is 3.62. The van der Waals surface area contributed by atoms with Gasteiger partial charge in [0.15, 0.2) is 0 Å². The smallest absolute Gasteiger partial charge is 0.0411 e. The fourth-order valence-corrected chi connectivity index (χ4v) is 6.68. The molecule has 1 aromatic rings. The van der Waals surface area contributed by atoms with Crippen molar-refractivity contribution >= 4 is 34.9 Å². The Hall–Kier alpha value is 0.140. The summed E-state index contributed by atoms with van der Waals surface area (Å²) in [5.41, 5.74) is 1.07. The number of halogens is 2. The number of benzene rings is 1. The third-order valence-corrected chi connectivity index (χ3v) is 8.42. The maximum Gasteiger partial charge on any atom is 0.0411 e. The normalized spacial score (nSPS) is 14.0. The van der Waals surface area contributed by atoms with E-state index in [-0.39, 0.29) is 0 Å². The summed E-state index contributed by atoms with van der Waals surface area (Å²) in [6, 6.07) is 7.99. The van der Waals surface area contributed by atoms with Crippen LogP contribution in [-0.4, -0.2) is 15.7 Å².